The molecule has 0 amide bonds. The lowest BCUT2D eigenvalue weighted by atomic mass is 9.97. The predicted octanol–water partition coefficient (Wildman–Crippen LogP) is 4.32. The zero-order valence-electron chi connectivity index (χ0n) is 10.8. The van der Waals surface area contributed by atoms with Crippen LogP contribution in [-0.2, 0) is 0 Å². The van der Waals surface area contributed by atoms with Gasteiger partial charge in [0.15, 0.2) is 0 Å². The highest BCUT2D eigenvalue weighted by Crippen LogP contribution is 2.22. The van der Waals surface area contributed by atoms with E-state index in [0.717, 1.165) is 23.1 Å². The number of hydrogen-bond acceptors (Lipinski definition) is 2. The van der Waals surface area contributed by atoms with Crippen LogP contribution in [0.5, 0.6) is 0 Å². The van der Waals surface area contributed by atoms with Gasteiger partial charge >= 0.3 is 0 Å². The van der Waals surface area contributed by atoms with Crippen LogP contribution in [0.4, 0.5) is 5.82 Å². The molecule has 0 bridgehead atoms. The smallest absolute Gasteiger partial charge is 0.127 e. The molecule has 0 spiro atoms. The Morgan fingerprint density at radius 2 is 1.94 bits per heavy atom. The zero-order valence-corrected chi connectivity index (χ0v) is 11.5. The van der Waals surface area contributed by atoms with E-state index in [1.165, 1.54) is 0 Å². The molecule has 0 saturated carbocycles. The SMILES string of the molecule is CC(C)c1cc(Cl)cc(NCC(C)(C)C)n1. The summed E-state index contributed by atoms with van der Waals surface area (Å²) in [7, 11) is 0. The molecule has 0 aromatic carbocycles. The summed E-state index contributed by atoms with van der Waals surface area (Å²) in [4.78, 5) is 4.54. The van der Waals surface area contributed by atoms with Crippen LogP contribution in [0.2, 0.25) is 5.02 Å². The van der Waals surface area contributed by atoms with E-state index in [9.17, 15) is 0 Å². The van der Waals surface area contributed by atoms with Gasteiger partial charge in [-0.05, 0) is 23.5 Å². The van der Waals surface area contributed by atoms with Gasteiger partial charge in [-0.15, -0.1) is 0 Å². The molecule has 90 valence electrons. The Morgan fingerprint density at radius 3 is 2.44 bits per heavy atom. The minimum absolute atomic E-state index is 0.238. The fourth-order valence-electron chi connectivity index (χ4n) is 1.26. The van der Waals surface area contributed by atoms with Crippen LogP contribution in [0.3, 0.4) is 0 Å². The summed E-state index contributed by atoms with van der Waals surface area (Å²) in [6.07, 6.45) is 0. The second-order valence-electron chi connectivity index (χ2n) is 5.66. The van der Waals surface area contributed by atoms with Crippen LogP contribution < -0.4 is 5.32 Å². The fraction of sp³-hybridized carbons (Fsp3) is 0.615. The molecule has 0 aliphatic rings. The third-order valence-corrected chi connectivity index (χ3v) is 2.42. The first kappa shape index (κ1) is 13.3. The van der Waals surface area contributed by atoms with Crippen molar-refractivity contribution in [1.82, 2.24) is 4.98 Å². The quantitative estimate of drug-likeness (QED) is 0.851. The highest BCUT2D eigenvalue weighted by molar-refractivity contribution is 6.30. The standard InChI is InChI=1S/C13H21ClN2/c1-9(2)11-6-10(14)7-12(16-11)15-8-13(3,4)5/h6-7,9H,8H2,1-5H3,(H,15,16). The summed E-state index contributed by atoms with van der Waals surface area (Å²) in [5.74, 6) is 1.26. The number of pyridine rings is 1. The first-order valence-electron chi connectivity index (χ1n) is 5.69. The van der Waals surface area contributed by atoms with Gasteiger partial charge in [0, 0.05) is 17.3 Å². The molecule has 1 heterocycles. The second-order valence-corrected chi connectivity index (χ2v) is 6.10. The van der Waals surface area contributed by atoms with Crippen LogP contribution in [-0.4, -0.2) is 11.5 Å². The zero-order chi connectivity index (χ0) is 12.3. The van der Waals surface area contributed by atoms with Crippen LogP contribution in [0.25, 0.3) is 0 Å². The lowest BCUT2D eigenvalue weighted by Crippen LogP contribution is -2.19. The average molecular weight is 241 g/mol. The van der Waals surface area contributed by atoms with Crippen molar-refractivity contribution in [2.75, 3.05) is 11.9 Å². The van der Waals surface area contributed by atoms with Gasteiger partial charge in [0.25, 0.3) is 0 Å². The summed E-state index contributed by atoms with van der Waals surface area (Å²) in [5, 5.41) is 4.07. The molecule has 1 aromatic rings. The molecule has 2 nitrogen and oxygen atoms in total. The van der Waals surface area contributed by atoms with Gasteiger partial charge in [0.05, 0.1) is 0 Å². The molecule has 1 N–H and O–H groups in total. The maximum Gasteiger partial charge on any atom is 0.127 e. The minimum Gasteiger partial charge on any atom is -0.369 e. The number of aromatic nitrogens is 1. The topological polar surface area (TPSA) is 24.9 Å². The van der Waals surface area contributed by atoms with Crippen LogP contribution in [0.15, 0.2) is 12.1 Å². The molecule has 0 fully saturated rings. The molecule has 1 rings (SSSR count). The van der Waals surface area contributed by atoms with Crippen molar-refractivity contribution in [2.24, 2.45) is 5.41 Å². The fourth-order valence-corrected chi connectivity index (χ4v) is 1.47. The molecule has 16 heavy (non-hydrogen) atoms. The molecular weight excluding hydrogens is 220 g/mol. The van der Waals surface area contributed by atoms with Crippen molar-refractivity contribution in [3.63, 3.8) is 0 Å². The lowest BCUT2D eigenvalue weighted by molar-refractivity contribution is 0.442. The van der Waals surface area contributed by atoms with E-state index < -0.39 is 0 Å². The molecule has 0 aliphatic heterocycles. The molecule has 1 aromatic heterocycles. The van der Waals surface area contributed by atoms with Gasteiger partial charge in [0.1, 0.15) is 5.82 Å². The van der Waals surface area contributed by atoms with Crippen molar-refractivity contribution < 1.29 is 0 Å². The Morgan fingerprint density at radius 1 is 1.31 bits per heavy atom. The molecule has 0 atom stereocenters. The van der Waals surface area contributed by atoms with E-state index in [2.05, 4.69) is 44.9 Å². The maximum absolute atomic E-state index is 6.06. The lowest BCUT2D eigenvalue weighted by Gasteiger charge is -2.19. The van der Waals surface area contributed by atoms with E-state index in [0.29, 0.717) is 5.92 Å². The predicted molar refractivity (Wildman–Crippen MR) is 71.3 cm³/mol. The molecular formula is C13H21ClN2. The number of nitrogens with one attached hydrogen (secondary N) is 1. The van der Waals surface area contributed by atoms with Crippen LogP contribution >= 0.6 is 11.6 Å². The monoisotopic (exact) mass is 240 g/mol. The Kier molecular flexibility index (Phi) is 4.20. The maximum atomic E-state index is 6.06. The van der Waals surface area contributed by atoms with Crippen molar-refractivity contribution in [3.05, 3.63) is 22.8 Å². The Bertz CT molecular complexity index is 353. The average Bonchev–Trinajstić information content (AvgIpc) is 2.13. The van der Waals surface area contributed by atoms with Crippen LogP contribution in [0, 0.1) is 5.41 Å². The normalized spacial score (nSPS) is 11.9. The van der Waals surface area contributed by atoms with Crippen molar-refractivity contribution in [1.29, 1.82) is 0 Å². The van der Waals surface area contributed by atoms with Gasteiger partial charge in [0.2, 0.25) is 0 Å². The molecule has 0 saturated heterocycles. The number of nitrogens with zero attached hydrogens (tertiary/aromatic N) is 1. The number of hydrogen-bond donors (Lipinski definition) is 1. The van der Waals surface area contributed by atoms with Crippen molar-refractivity contribution in [2.45, 2.75) is 40.5 Å². The van der Waals surface area contributed by atoms with Gasteiger partial charge in [-0.1, -0.05) is 46.2 Å². The van der Waals surface area contributed by atoms with Crippen molar-refractivity contribution in [3.8, 4) is 0 Å². The summed E-state index contributed by atoms with van der Waals surface area (Å²) < 4.78 is 0. The summed E-state index contributed by atoms with van der Waals surface area (Å²) in [6.45, 7) is 11.7. The molecule has 0 radical (unpaired) electrons. The van der Waals surface area contributed by atoms with Crippen molar-refractivity contribution >= 4 is 17.4 Å². The first-order valence-corrected chi connectivity index (χ1v) is 6.07. The number of anilines is 1. The van der Waals surface area contributed by atoms with E-state index in [-0.39, 0.29) is 5.41 Å². The van der Waals surface area contributed by atoms with Gasteiger partial charge in [-0.2, -0.15) is 0 Å². The summed E-state index contributed by atoms with van der Waals surface area (Å²) in [5.41, 5.74) is 1.27. The number of rotatable bonds is 3. The second kappa shape index (κ2) is 5.05. The highest BCUT2D eigenvalue weighted by atomic mass is 35.5. The van der Waals surface area contributed by atoms with Gasteiger partial charge in [-0.3, -0.25) is 0 Å². The highest BCUT2D eigenvalue weighted by Gasteiger charge is 2.11. The van der Waals surface area contributed by atoms with E-state index in [1.54, 1.807) is 0 Å². The molecule has 3 heteroatoms. The van der Waals surface area contributed by atoms with Gasteiger partial charge in [-0.25, -0.2) is 4.98 Å². The summed E-state index contributed by atoms with van der Waals surface area (Å²) >= 11 is 6.06. The third-order valence-electron chi connectivity index (χ3n) is 2.20. The largest absolute Gasteiger partial charge is 0.369 e. The Balaban J connectivity index is 2.81. The van der Waals surface area contributed by atoms with E-state index >= 15 is 0 Å². The van der Waals surface area contributed by atoms with Gasteiger partial charge < -0.3 is 5.32 Å². The Hall–Kier alpha value is -0.760. The number of halogens is 1. The third kappa shape index (κ3) is 4.40. The van der Waals surface area contributed by atoms with Crippen LogP contribution in [0.1, 0.15) is 46.2 Å². The summed E-state index contributed by atoms with van der Waals surface area (Å²) in [6, 6.07) is 3.80. The molecule has 0 aliphatic carbocycles. The van der Waals surface area contributed by atoms with E-state index in [4.69, 9.17) is 11.6 Å². The first-order chi connectivity index (χ1) is 7.28. The minimum atomic E-state index is 0.238. The van der Waals surface area contributed by atoms with E-state index in [1.807, 2.05) is 12.1 Å². The molecule has 0 unspecified atom stereocenters. The Labute approximate surface area is 103 Å².